The average Bonchev–Trinajstić information content (AvgIpc) is 2.56. The van der Waals surface area contributed by atoms with Crippen LogP contribution in [0.2, 0.25) is 0 Å². The zero-order valence-corrected chi connectivity index (χ0v) is 12.2. The second kappa shape index (κ2) is 7.83. The van der Waals surface area contributed by atoms with E-state index in [0.29, 0.717) is 11.3 Å². The van der Waals surface area contributed by atoms with E-state index in [4.69, 9.17) is 4.74 Å². The molecule has 1 amide bonds. The summed E-state index contributed by atoms with van der Waals surface area (Å²) in [5.74, 6) is 0.789. The molecule has 0 atom stereocenters. The van der Waals surface area contributed by atoms with Crippen LogP contribution in [0.4, 0.5) is 0 Å². The van der Waals surface area contributed by atoms with Crippen LogP contribution in [0.5, 0.6) is 11.5 Å². The molecule has 0 aliphatic rings. The predicted octanol–water partition coefficient (Wildman–Crippen LogP) is 2.77. The van der Waals surface area contributed by atoms with Crippen molar-refractivity contribution in [1.29, 1.82) is 0 Å². The van der Waals surface area contributed by atoms with Crippen molar-refractivity contribution in [2.45, 2.75) is 6.42 Å². The lowest BCUT2D eigenvalue weighted by Crippen LogP contribution is -2.26. The van der Waals surface area contributed by atoms with Gasteiger partial charge in [0.2, 0.25) is 0 Å². The van der Waals surface area contributed by atoms with Gasteiger partial charge in [0.05, 0.1) is 13.5 Å². The number of methoxy groups -OCH3 is 1. The maximum absolute atomic E-state index is 11.9. The molecule has 2 rings (SSSR count). The third-order valence-electron chi connectivity index (χ3n) is 2.94. The lowest BCUT2D eigenvalue weighted by atomic mass is 10.2. The number of carbonyl (C=O) groups excluding carboxylic acids is 2. The summed E-state index contributed by atoms with van der Waals surface area (Å²) >= 11 is 0. The number of hydrogen-bond donors (Lipinski definition) is 1. The highest BCUT2D eigenvalue weighted by atomic mass is 16.5. The molecule has 2 aromatic carbocycles. The summed E-state index contributed by atoms with van der Waals surface area (Å²) < 4.78 is 10.2. The van der Waals surface area contributed by atoms with Crippen molar-refractivity contribution in [1.82, 2.24) is 5.32 Å². The average molecular weight is 299 g/mol. The summed E-state index contributed by atoms with van der Waals surface area (Å²) in [5.41, 5.74) is 0.505. The van der Waals surface area contributed by atoms with E-state index in [2.05, 4.69) is 10.1 Å². The molecule has 22 heavy (non-hydrogen) atoms. The molecule has 0 aliphatic heterocycles. The molecular formula is C17H17NO4. The number of hydrogen-bond acceptors (Lipinski definition) is 4. The molecule has 114 valence electrons. The van der Waals surface area contributed by atoms with Crippen LogP contribution in [-0.4, -0.2) is 25.5 Å². The van der Waals surface area contributed by atoms with Gasteiger partial charge in [-0.2, -0.15) is 0 Å². The highest BCUT2D eigenvalue weighted by molar-refractivity contribution is 5.94. The second-order valence-corrected chi connectivity index (χ2v) is 4.52. The van der Waals surface area contributed by atoms with Crippen LogP contribution in [0.25, 0.3) is 0 Å². The van der Waals surface area contributed by atoms with E-state index in [-0.39, 0.29) is 24.8 Å². The first-order valence-corrected chi connectivity index (χ1v) is 6.87. The van der Waals surface area contributed by atoms with Crippen LogP contribution >= 0.6 is 0 Å². The van der Waals surface area contributed by atoms with Crippen molar-refractivity contribution in [3.05, 3.63) is 60.2 Å². The quantitative estimate of drug-likeness (QED) is 0.833. The minimum Gasteiger partial charge on any atom is -0.469 e. The van der Waals surface area contributed by atoms with Crippen LogP contribution in [0, 0.1) is 0 Å². The molecule has 5 heteroatoms. The molecule has 0 aliphatic carbocycles. The lowest BCUT2D eigenvalue weighted by molar-refractivity contribution is -0.140. The molecule has 0 saturated heterocycles. The van der Waals surface area contributed by atoms with E-state index in [1.54, 1.807) is 24.3 Å². The fraction of sp³-hybridized carbons (Fsp3) is 0.176. The highest BCUT2D eigenvalue weighted by Gasteiger charge is 2.07. The number of benzene rings is 2. The number of carbonyl (C=O) groups is 2. The van der Waals surface area contributed by atoms with Crippen molar-refractivity contribution < 1.29 is 19.1 Å². The zero-order valence-electron chi connectivity index (χ0n) is 12.2. The van der Waals surface area contributed by atoms with Gasteiger partial charge in [0, 0.05) is 12.1 Å². The topological polar surface area (TPSA) is 64.6 Å². The fourth-order valence-corrected chi connectivity index (χ4v) is 1.78. The standard InChI is InChI=1S/C17H17NO4/c1-21-16(19)11-12-18-17(20)13-7-9-15(10-8-13)22-14-5-3-2-4-6-14/h2-10H,11-12H2,1H3,(H,18,20). The first-order chi connectivity index (χ1) is 10.7. The van der Waals surface area contributed by atoms with Crippen molar-refractivity contribution in [2.24, 2.45) is 0 Å². The molecule has 0 unspecified atom stereocenters. The number of rotatable bonds is 6. The molecule has 0 bridgehead atoms. The van der Waals surface area contributed by atoms with Crippen molar-refractivity contribution in [3.63, 3.8) is 0 Å². The Morgan fingerprint density at radius 1 is 0.955 bits per heavy atom. The Labute approximate surface area is 128 Å². The third kappa shape index (κ3) is 4.63. The SMILES string of the molecule is COC(=O)CCNC(=O)c1ccc(Oc2ccccc2)cc1. The van der Waals surface area contributed by atoms with E-state index in [1.807, 2.05) is 30.3 Å². The molecule has 0 aromatic heterocycles. The summed E-state index contributed by atoms with van der Waals surface area (Å²) in [4.78, 5) is 22.8. The van der Waals surface area contributed by atoms with E-state index < -0.39 is 0 Å². The summed E-state index contributed by atoms with van der Waals surface area (Å²) in [7, 11) is 1.32. The van der Waals surface area contributed by atoms with Gasteiger partial charge in [-0.15, -0.1) is 0 Å². The zero-order chi connectivity index (χ0) is 15.8. The minimum absolute atomic E-state index is 0.150. The van der Waals surface area contributed by atoms with Gasteiger partial charge in [-0.1, -0.05) is 18.2 Å². The molecule has 0 saturated carbocycles. The Hall–Kier alpha value is -2.82. The molecule has 0 radical (unpaired) electrons. The summed E-state index contributed by atoms with van der Waals surface area (Å²) in [6.07, 6.45) is 0.150. The molecular weight excluding hydrogens is 282 g/mol. The van der Waals surface area contributed by atoms with Gasteiger partial charge in [0.15, 0.2) is 0 Å². The maximum Gasteiger partial charge on any atom is 0.307 e. The minimum atomic E-state index is -0.355. The van der Waals surface area contributed by atoms with Crippen LogP contribution in [-0.2, 0) is 9.53 Å². The molecule has 5 nitrogen and oxygen atoms in total. The summed E-state index contributed by atoms with van der Waals surface area (Å²) in [6.45, 7) is 0.244. The Morgan fingerprint density at radius 3 is 2.23 bits per heavy atom. The van der Waals surface area contributed by atoms with Crippen molar-refractivity contribution in [2.75, 3.05) is 13.7 Å². The van der Waals surface area contributed by atoms with Gasteiger partial charge in [-0.25, -0.2) is 0 Å². The van der Waals surface area contributed by atoms with E-state index in [9.17, 15) is 9.59 Å². The number of ether oxygens (including phenoxy) is 2. The number of amides is 1. The van der Waals surface area contributed by atoms with Gasteiger partial charge < -0.3 is 14.8 Å². The van der Waals surface area contributed by atoms with Crippen LogP contribution < -0.4 is 10.1 Å². The van der Waals surface area contributed by atoms with E-state index in [1.165, 1.54) is 7.11 Å². The molecule has 0 fully saturated rings. The van der Waals surface area contributed by atoms with Gasteiger partial charge in [0.1, 0.15) is 11.5 Å². The van der Waals surface area contributed by atoms with Gasteiger partial charge in [0.25, 0.3) is 5.91 Å². The molecule has 0 spiro atoms. The molecule has 1 N–H and O–H groups in total. The Morgan fingerprint density at radius 2 is 1.59 bits per heavy atom. The van der Waals surface area contributed by atoms with Crippen LogP contribution in [0.15, 0.2) is 54.6 Å². The van der Waals surface area contributed by atoms with Gasteiger partial charge in [-0.05, 0) is 36.4 Å². The van der Waals surface area contributed by atoms with E-state index in [0.717, 1.165) is 5.75 Å². The normalized spacial score (nSPS) is 9.86. The van der Waals surface area contributed by atoms with Gasteiger partial charge in [-0.3, -0.25) is 9.59 Å². The van der Waals surface area contributed by atoms with E-state index >= 15 is 0 Å². The lowest BCUT2D eigenvalue weighted by Gasteiger charge is -2.07. The Balaban J connectivity index is 1.88. The highest BCUT2D eigenvalue weighted by Crippen LogP contribution is 2.21. The predicted molar refractivity (Wildman–Crippen MR) is 81.9 cm³/mol. The maximum atomic E-state index is 11.9. The summed E-state index contributed by atoms with van der Waals surface area (Å²) in [5, 5.41) is 2.65. The number of nitrogens with one attached hydrogen (secondary N) is 1. The largest absolute Gasteiger partial charge is 0.469 e. The fourth-order valence-electron chi connectivity index (χ4n) is 1.78. The smallest absolute Gasteiger partial charge is 0.307 e. The molecule has 2 aromatic rings. The Bertz CT molecular complexity index is 623. The summed E-state index contributed by atoms with van der Waals surface area (Å²) in [6, 6.07) is 16.2. The van der Waals surface area contributed by atoms with Crippen LogP contribution in [0.1, 0.15) is 16.8 Å². The first-order valence-electron chi connectivity index (χ1n) is 6.87. The third-order valence-corrected chi connectivity index (χ3v) is 2.94. The second-order valence-electron chi connectivity index (χ2n) is 4.52. The van der Waals surface area contributed by atoms with Crippen LogP contribution in [0.3, 0.4) is 0 Å². The van der Waals surface area contributed by atoms with Crippen molar-refractivity contribution in [3.8, 4) is 11.5 Å². The Kier molecular flexibility index (Phi) is 5.54. The number of esters is 1. The molecule has 0 heterocycles. The van der Waals surface area contributed by atoms with Crippen molar-refractivity contribution >= 4 is 11.9 Å². The first kappa shape index (κ1) is 15.6. The number of para-hydroxylation sites is 1. The van der Waals surface area contributed by atoms with Gasteiger partial charge >= 0.3 is 5.97 Å². The monoisotopic (exact) mass is 299 g/mol.